The van der Waals surface area contributed by atoms with Gasteiger partial charge in [0.05, 0.1) is 6.61 Å². The van der Waals surface area contributed by atoms with E-state index in [-0.39, 0.29) is 0 Å². The molecular weight excluding hydrogens is 480 g/mol. The molecule has 0 atom stereocenters. The third-order valence-electron chi connectivity index (χ3n) is 5.00. The molecule has 3 nitrogen and oxygen atoms in total. The van der Waals surface area contributed by atoms with Gasteiger partial charge in [0.1, 0.15) is 18.1 Å². The smallest absolute Gasteiger partial charge is 0.119 e. The monoisotopic (exact) mass is 530 g/mol. The Morgan fingerprint density at radius 2 is 1.31 bits per heavy atom. The first-order valence-electron chi connectivity index (χ1n) is 13.9. The zero-order valence-electron chi connectivity index (χ0n) is 25.3. The molecule has 0 heterocycles. The lowest BCUT2D eigenvalue weighted by molar-refractivity contribution is 0.244. The summed E-state index contributed by atoms with van der Waals surface area (Å²) < 4.78 is 15.5. The van der Waals surface area contributed by atoms with Gasteiger partial charge in [0.2, 0.25) is 0 Å². The minimum absolute atomic E-state index is 0.549. The molecule has 0 unspecified atom stereocenters. The zero-order valence-corrected chi connectivity index (χ0v) is 25.3. The number of ether oxygens (including phenoxy) is 3. The number of aryl methyl sites for hydroxylation is 1. The van der Waals surface area contributed by atoms with Crippen LogP contribution >= 0.6 is 0 Å². The topological polar surface area (TPSA) is 27.7 Å². The van der Waals surface area contributed by atoms with E-state index < -0.39 is 0 Å². The predicted molar refractivity (Wildman–Crippen MR) is 171 cm³/mol. The Hall–Kier alpha value is -3.56. The van der Waals surface area contributed by atoms with Crippen molar-refractivity contribution in [3.63, 3.8) is 0 Å². The van der Waals surface area contributed by atoms with E-state index in [9.17, 15) is 0 Å². The van der Waals surface area contributed by atoms with Crippen LogP contribution in [0.25, 0.3) is 11.6 Å². The number of hydrogen-bond donors (Lipinski definition) is 0. The molecule has 0 saturated carbocycles. The molecular formula is C36H50O3. The van der Waals surface area contributed by atoms with Gasteiger partial charge in [-0.25, -0.2) is 0 Å². The molecule has 0 N–H and O–H groups in total. The van der Waals surface area contributed by atoms with E-state index in [4.69, 9.17) is 9.47 Å². The van der Waals surface area contributed by atoms with Crippen molar-refractivity contribution < 1.29 is 14.2 Å². The predicted octanol–water partition coefficient (Wildman–Crippen LogP) is 10.2. The fraction of sp³-hybridized carbons (Fsp3) is 0.333. The van der Waals surface area contributed by atoms with Gasteiger partial charge in [0.25, 0.3) is 0 Å². The van der Waals surface area contributed by atoms with Crippen molar-refractivity contribution in [2.75, 3.05) is 20.8 Å². The van der Waals surface area contributed by atoms with Crippen molar-refractivity contribution in [1.29, 1.82) is 0 Å². The minimum Gasteiger partial charge on any atom is -0.495 e. The largest absolute Gasteiger partial charge is 0.495 e. The van der Waals surface area contributed by atoms with Gasteiger partial charge < -0.3 is 14.2 Å². The van der Waals surface area contributed by atoms with Crippen molar-refractivity contribution in [3.05, 3.63) is 126 Å². The standard InChI is InChI=1S/C29H30O2.C3H8.C2H6O.C2H6/c1-4-30-24(3)11-13-26-18-20-29(21-19-26)31-22-27-16-14-25(15-17-27)12-10-23(2)28-8-6-5-7-9-28;2*1-3-2;1-2/h5-9,11,13-21H,2-4,10,12,22H2,1H3;3H2,1-2H3;1-2H3;1-2H3/b13-11+;;;. The van der Waals surface area contributed by atoms with Gasteiger partial charge >= 0.3 is 0 Å². The van der Waals surface area contributed by atoms with Gasteiger partial charge in [-0.3, -0.25) is 0 Å². The van der Waals surface area contributed by atoms with E-state index in [1.165, 1.54) is 23.1 Å². The van der Waals surface area contributed by atoms with Crippen LogP contribution in [0.1, 0.15) is 69.7 Å². The first-order chi connectivity index (χ1) is 19.0. The molecule has 3 rings (SSSR count). The highest BCUT2D eigenvalue weighted by atomic mass is 16.5. The molecule has 3 aromatic carbocycles. The second-order valence-corrected chi connectivity index (χ2v) is 8.49. The average Bonchev–Trinajstić information content (AvgIpc) is 2.97. The molecule has 3 heteroatoms. The average molecular weight is 531 g/mol. The van der Waals surface area contributed by atoms with Crippen LogP contribution in [0.15, 0.2) is 104 Å². The number of methoxy groups -OCH3 is 1. The molecule has 0 fully saturated rings. The number of rotatable bonds is 11. The molecule has 0 aliphatic heterocycles. The lowest BCUT2D eigenvalue weighted by atomic mass is 9.99. The van der Waals surface area contributed by atoms with E-state index in [2.05, 4.69) is 80.3 Å². The van der Waals surface area contributed by atoms with Crippen molar-refractivity contribution >= 4 is 11.6 Å². The summed E-state index contributed by atoms with van der Waals surface area (Å²) in [6.45, 7) is 19.4. The maximum absolute atomic E-state index is 5.93. The second-order valence-electron chi connectivity index (χ2n) is 8.49. The van der Waals surface area contributed by atoms with Crippen LogP contribution in [0.3, 0.4) is 0 Å². The Kier molecular flexibility index (Phi) is 21.4. The van der Waals surface area contributed by atoms with Crippen molar-refractivity contribution in [2.45, 2.75) is 60.5 Å². The molecule has 0 amide bonds. The molecule has 0 aliphatic rings. The Balaban J connectivity index is 0.00000162. The van der Waals surface area contributed by atoms with Crippen LogP contribution in [-0.2, 0) is 22.5 Å². The van der Waals surface area contributed by atoms with Gasteiger partial charge in [0.15, 0.2) is 0 Å². The summed E-state index contributed by atoms with van der Waals surface area (Å²) in [6, 6.07) is 27.0. The fourth-order valence-corrected chi connectivity index (χ4v) is 3.18. The normalized spacial score (nSPS) is 9.62. The van der Waals surface area contributed by atoms with Crippen molar-refractivity contribution in [1.82, 2.24) is 0 Å². The summed E-state index contributed by atoms with van der Waals surface area (Å²) in [7, 11) is 3.25. The highest BCUT2D eigenvalue weighted by Gasteiger charge is 2.01. The Bertz CT molecular complexity index is 1030. The summed E-state index contributed by atoms with van der Waals surface area (Å²) in [5.41, 5.74) is 5.93. The maximum atomic E-state index is 5.93. The first-order valence-corrected chi connectivity index (χ1v) is 13.9. The van der Waals surface area contributed by atoms with Gasteiger partial charge in [-0.2, -0.15) is 0 Å². The SMILES string of the molecule is C=C(/C=C/c1ccc(OCc2ccc(CCC(=C)c3ccccc3)cc2)cc1)OCC.CC.CCC.COC. The van der Waals surface area contributed by atoms with E-state index in [0.717, 1.165) is 29.7 Å². The highest BCUT2D eigenvalue weighted by Crippen LogP contribution is 2.19. The number of hydrogen-bond acceptors (Lipinski definition) is 3. The molecule has 0 saturated heterocycles. The van der Waals surface area contributed by atoms with Crippen LogP contribution in [0.4, 0.5) is 0 Å². The Morgan fingerprint density at radius 1 is 0.769 bits per heavy atom. The quantitative estimate of drug-likeness (QED) is 0.182. The molecule has 0 bridgehead atoms. The second kappa shape index (κ2) is 23.5. The van der Waals surface area contributed by atoms with Crippen LogP contribution in [0.5, 0.6) is 5.75 Å². The van der Waals surface area contributed by atoms with E-state index in [1.807, 2.05) is 63.3 Å². The summed E-state index contributed by atoms with van der Waals surface area (Å²) in [5, 5.41) is 0. The maximum Gasteiger partial charge on any atom is 0.119 e. The number of benzene rings is 3. The Labute approximate surface area is 238 Å². The zero-order chi connectivity index (χ0) is 29.3. The third kappa shape index (κ3) is 16.8. The van der Waals surface area contributed by atoms with E-state index >= 15 is 0 Å². The molecule has 0 radical (unpaired) electrons. The molecule has 0 spiro atoms. The molecule has 39 heavy (non-hydrogen) atoms. The molecule has 0 aliphatic carbocycles. The minimum atomic E-state index is 0.549. The molecule has 0 aromatic heterocycles. The van der Waals surface area contributed by atoms with Gasteiger partial charge in [-0.05, 0) is 65.8 Å². The van der Waals surface area contributed by atoms with E-state index in [1.54, 1.807) is 14.2 Å². The first kappa shape index (κ1) is 35.4. The number of allylic oxidation sites excluding steroid dienone is 2. The van der Waals surface area contributed by atoms with Crippen molar-refractivity contribution in [3.8, 4) is 5.75 Å². The van der Waals surface area contributed by atoms with Crippen molar-refractivity contribution in [2.24, 2.45) is 0 Å². The highest BCUT2D eigenvalue weighted by molar-refractivity contribution is 5.63. The van der Waals surface area contributed by atoms with Gasteiger partial charge in [0, 0.05) is 14.2 Å². The lowest BCUT2D eigenvalue weighted by Gasteiger charge is -2.09. The third-order valence-corrected chi connectivity index (χ3v) is 5.00. The van der Waals surface area contributed by atoms with Gasteiger partial charge in [-0.1, -0.05) is 120 Å². The van der Waals surface area contributed by atoms with E-state index in [0.29, 0.717) is 19.0 Å². The summed E-state index contributed by atoms with van der Waals surface area (Å²) >= 11 is 0. The van der Waals surface area contributed by atoms with Gasteiger partial charge in [-0.15, -0.1) is 0 Å². The Morgan fingerprint density at radius 3 is 1.85 bits per heavy atom. The summed E-state index contributed by atoms with van der Waals surface area (Å²) in [6.07, 6.45) is 7.04. The lowest BCUT2D eigenvalue weighted by Crippen LogP contribution is -1.96. The van der Waals surface area contributed by atoms with Crippen LogP contribution in [0, 0.1) is 0 Å². The van der Waals surface area contributed by atoms with Crippen LogP contribution in [-0.4, -0.2) is 20.8 Å². The van der Waals surface area contributed by atoms with Crippen LogP contribution in [0.2, 0.25) is 0 Å². The molecule has 212 valence electrons. The molecule has 3 aromatic rings. The summed E-state index contributed by atoms with van der Waals surface area (Å²) in [5.74, 6) is 1.51. The fourth-order valence-electron chi connectivity index (χ4n) is 3.18. The van der Waals surface area contributed by atoms with Crippen LogP contribution < -0.4 is 4.74 Å². The summed E-state index contributed by atoms with van der Waals surface area (Å²) in [4.78, 5) is 0.